The molecule has 1 amide bonds. The number of sulfonamides is 1. The van der Waals surface area contributed by atoms with Crippen molar-refractivity contribution in [2.24, 2.45) is 28.4 Å². The van der Waals surface area contributed by atoms with Crippen molar-refractivity contribution in [1.82, 2.24) is 4.72 Å². The van der Waals surface area contributed by atoms with Crippen molar-refractivity contribution >= 4 is 27.4 Å². The lowest BCUT2D eigenvalue weighted by Crippen LogP contribution is -2.62. The van der Waals surface area contributed by atoms with Gasteiger partial charge in [-0.1, -0.05) is 12.1 Å². The third-order valence-corrected chi connectivity index (χ3v) is 10.1. The van der Waals surface area contributed by atoms with Gasteiger partial charge < -0.3 is 11.5 Å². The summed E-state index contributed by atoms with van der Waals surface area (Å²) in [5.41, 5.74) is 10.1. The van der Waals surface area contributed by atoms with Crippen molar-refractivity contribution in [3.05, 3.63) is 24.3 Å². The van der Waals surface area contributed by atoms with Crippen LogP contribution in [0.3, 0.4) is 0 Å². The van der Waals surface area contributed by atoms with Crippen LogP contribution in [-0.4, -0.2) is 25.6 Å². The normalized spacial score (nSPS) is 35.5. The molecule has 2 unspecified atom stereocenters. The topological polar surface area (TPSA) is 132 Å². The molecule has 0 heterocycles. The number of rotatable bonds is 7. The highest BCUT2D eigenvalue weighted by Gasteiger charge is 2.61. The minimum absolute atomic E-state index is 0.0107. The van der Waals surface area contributed by atoms with Crippen LogP contribution in [0.1, 0.15) is 64.2 Å². The van der Waals surface area contributed by atoms with E-state index < -0.39 is 21.0 Å². The quantitative estimate of drug-likeness (QED) is 0.555. The molecule has 7 nitrogen and oxygen atoms in total. The Morgan fingerprint density at radius 1 is 1.06 bits per heavy atom. The Hall–Kier alpha value is -1.93. The SMILES string of the molecule is NC(=O)C12CC3CC(CC(CC(=O)C4(NS(=O)(=O)c5ccccc5N)CCC4)(C3)C1)C2. The molecule has 5 aliphatic rings. The van der Waals surface area contributed by atoms with Crippen LogP contribution in [0.2, 0.25) is 0 Å². The fourth-order valence-corrected chi connectivity index (χ4v) is 9.04. The number of nitrogens with one attached hydrogen (secondary N) is 1. The van der Waals surface area contributed by atoms with Gasteiger partial charge >= 0.3 is 0 Å². The van der Waals surface area contributed by atoms with Crippen LogP contribution in [0.5, 0.6) is 0 Å². The predicted octanol–water partition coefficient (Wildman–Crippen LogP) is 2.50. The molecule has 168 valence electrons. The lowest BCUT2D eigenvalue weighted by atomic mass is 9.43. The third kappa shape index (κ3) is 3.30. The van der Waals surface area contributed by atoms with Crippen LogP contribution < -0.4 is 16.2 Å². The first-order valence-electron chi connectivity index (χ1n) is 11.3. The van der Waals surface area contributed by atoms with Crippen molar-refractivity contribution in [2.45, 2.75) is 74.6 Å². The fraction of sp³-hybridized carbons (Fsp3) is 0.652. The molecule has 0 spiro atoms. The summed E-state index contributed by atoms with van der Waals surface area (Å²) in [5.74, 6) is 0.620. The van der Waals surface area contributed by atoms with Crippen molar-refractivity contribution in [3.8, 4) is 0 Å². The highest BCUT2D eigenvalue weighted by atomic mass is 32.2. The van der Waals surface area contributed by atoms with Crippen LogP contribution in [0.25, 0.3) is 0 Å². The van der Waals surface area contributed by atoms with Gasteiger partial charge in [0.25, 0.3) is 0 Å². The molecule has 31 heavy (non-hydrogen) atoms. The van der Waals surface area contributed by atoms with Gasteiger partial charge in [-0.25, -0.2) is 8.42 Å². The van der Waals surface area contributed by atoms with Gasteiger partial charge in [0.1, 0.15) is 4.90 Å². The van der Waals surface area contributed by atoms with Crippen molar-refractivity contribution < 1.29 is 18.0 Å². The van der Waals surface area contributed by atoms with E-state index in [0.29, 0.717) is 37.5 Å². The molecular formula is C23H31N3O4S. The van der Waals surface area contributed by atoms with E-state index in [9.17, 15) is 18.0 Å². The van der Waals surface area contributed by atoms with E-state index in [0.717, 1.165) is 38.5 Å². The van der Waals surface area contributed by atoms with E-state index >= 15 is 0 Å². The second-order valence-electron chi connectivity index (χ2n) is 10.8. The highest BCUT2D eigenvalue weighted by molar-refractivity contribution is 7.89. The van der Waals surface area contributed by atoms with E-state index in [1.54, 1.807) is 18.2 Å². The van der Waals surface area contributed by atoms with E-state index in [1.165, 1.54) is 6.07 Å². The minimum Gasteiger partial charge on any atom is -0.398 e. The summed E-state index contributed by atoms with van der Waals surface area (Å²) in [5, 5.41) is 0. The lowest BCUT2D eigenvalue weighted by Gasteiger charge is -2.61. The maximum absolute atomic E-state index is 13.6. The summed E-state index contributed by atoms with van der Waals surface area (Å²) in [6.45, 7) is 0. The molecule has 1 aromatic rings. The largest absolute Gasteiger partial charge is 0.398 e. The third-order valence-electron chi connectivity index (χ3n) is 8.52. The summed E-state index contributed by atoms with van der Waals surface area (Å²) in [6, 6.07) is 6.31. The van der Waals surface area contributed by atoms with Gasteiger partial charge in [-0.3, -0.25) is 9.59 Å². The van der Waals surface area contributed by atoms with Crippen LogP contribution in [0.15, 0.2) is 29.2 Å². The molecule has 4 bridgehead atoms. The van der Waals surface area contributed by atoms with E-state index in [1.807, 2.05) is 0 Å². The monoisotopic (exact) mass is 445 g/mol. The molecule has 0 radical (unpaired) electrons. The van der Waals surface area contributed by atoms with E-state index in [4.69, 9.17) is 11.5 Å². The number of para-hydroxylation sites is 1. The maximum Gasteiger partial charge on any atom is 0.243 e. The van der Waals surface area contributed by atoms with Gasteiger partial charge in [-0.2, -0.15) is 4.72 Å². The van der Waals surface area contributed by atoms with Crippen LogP contribution >= 0.6 is 0 Å². The molecular weight excluding hydrogens is 414 g/mol. The van der Waals surface area contributed by atoms with Crippen LogP contribution in [-0.2, 0) is 19.6 Å². The number of hydrogen-bond acceptors (Lipinski definition) is 5. The maximum atomic E-state index is 13.6. The van der Waals surface area contributed by atoms with Gasteiger partial charge in [-0.05, 0) is 87.2 Å². The summed E-state index contributed by atoms with van der Waals surface area (Å²) in [7, 11) is -3.92. The predicted molar refractivity (Wildman–Crippen MR) is 116 cm³/mol. The number of nitrogens with two attached hydrogens (primary N) is 2. The first-order valence-corrected chi connectivity index (χ1v) is 12.8. The summed E-state index contributed by atoms with van der Waals surface area (Å²) >= 11 is 0. The summed E-state index contributed by atoms with van der Waals surface area (Å²) < 4.78 is 28.9. The van der Waals surface area contributed by atoms with E-state index in [2.05, 4.69) is 4.72 Å². The Bertz CT molecular complexity index is 1030. The zero-order chi connectivity index (χ0) is 22.1. The van der Waals surface area contributed by atoms with Crippen molar-refractivity contribution in [1.29, 1.82) is 0 Å². The average molecular weight is 446 g/mol. The van der Waals surface area contributed by atoms with Gasteiger partial charge in [-0.15, -0.1) is 0 Å². The van der Waals surface area contributed by atoms with Gasteiger partial charge in [0.2, 0.25) is 15.9 Å². The Kier molecular flexibility index (Phi) is 4.58. The second kappa shape index (κ2) is 6.78. The average Bonchev–Trinajstić information content (AvgIpc) is 2.63. The molecule has 0 saturated heterocycles. The summed E-state index contributed by atoms with van der Waals surface area (Å²) in [4.78, 5) is 26.0. The molecule has 0 aliphatic heterocycles. The van der Waals surface area contributed by atoms with Gasteiger partial charge in [0.05, 0.1) is 16.6 Å². The number of nitrogen functional groups attached to an aromatic ring is 1. The molecule has 1 aromatic carbocycles. The Balaban J connectivity index is 1.39. The molecule has 5 aliphatic carbocycles. The number of hydrogen-bond donors (Lipinski definition) is 3. The Morgan fingerprint density at radius 3 is 2.26 bits per heavy atom. The molecule has 2 atom stereocenters. The zero-order valence-electron chi connectivity index (χ0n) is 17.7. The molecule has 5 N–H and O–H groups in total. The summed E-state index contributed by atoms with van der Waals surface area (Å²) in [6.07, 6.45) is 7.50. The van der Waals surface area contributed by atoms with Gasteiger partial charge in [0.15, 0.2) is 5.78 Å². The number of carbonyl (C=O) groups excluding carboxylic acids is 2. The standard InChI is InChI=1S/C23H31N3O4S/c24-17-4-1-2-5-18(17)31(29,30)26-23(6-3-7-23)19(27)13-21-9-15-8-16(10-21)12-22(11-15,14-21)20(25)28/h1-2,4-5,15-16,26H,3,6-14,24H2,(H2,25,28). The number of ketones is 1. The molecule has 5 fully saturated rings. The number of carbonyl (C=O) groups is 2. The van der Waals surface area contributed by atoms with Crippen molar-refractivity contribution in [2.75, 3.05) is 5.73 Å². The number of anilines is 1. The smallest absolute Gasteiger partial charge is 0.243 e. The fourth-order valence-electron chi connectivity index (χ4n) is 7.46. The van der Waals surface area contributed by atoms with E-state index in [-0.39, 0.29) is 27.7 Å². The number of benzene rings is 1. The zero-order valence-corrected chi connectivity index (χ0v) is 18.5. The molecule has 8 heteroatoms. The number of primary amides is 1. The first-order chi connectivity index (χ1) is 14.6. The van der Waals surface area contributed by atoms with Crippen LogP contribution in [0.4, 0.5) is 5.69 Å². The second-order valence-corrected chi connectivity index (χ2v) is 12.4. The minimum atomic E-state index is -3.92. The van der Waals surface area contributed by atoms with Crippen LogP contribution in [0, 0.1) is 22.7 Å². The van der Waals surface area contributed by atoms with Crippen molar-refractivity contribution in [3.63, 3.8) is 0 Å². The number of amides is 1. The number of Topliss-reactive ketones (excluding diaryl/α,β-unsaturated/α-hetero) is 1. The highest BCUT2D eigenvalue weighted by Crippen LogP contribution is 2.66. The van der Waals surface area contributed by atoms with Gasteiger partial charge in [0, 0.05) is 6.42 Å². The molecule has 0 aromatic heterocycles. The lowest BCUT2D eigenvalue weighted by molar-refractivity contribution is -0.159. The molecule has 5 saturated carbocycles. The first kappa shape index (κ1) is 20.9. The Morgan fingerprint density at radius 2 is 1.71 bits per heavy atom. The molecule has 6 rings (SSSR count). The Labute approximate surface area is 183 Å².